The van der Waals surface area contributed by atoms with Gasteiger partial charge in [0.05, 0.1) is 0 Å². The van der Waals surface area contributed by atoms with E-state index in [2.05, 4.69) is 0 Å². The van der Waals surface area contributed by atoms with Crippen LogP contribution in [0.1, 0.15) is 0 Å². The molecule has 0 heterocycles. The summed E-state index contributed by atoms with van der Waals surface area (Å²) in [5, 5.41) is 8.45. The molecule has 0 aromatic heterocycles. The fraction of sp³-hybridized carbons (Fsp3) is 0.125. The summed E-state index contributed by atoms with van der Waals surface area (Å²) in [7, 11) is 0. The third-order valence-corrected chi connectivity index (χ3v) is 1.42. The summed E-state index contributed by atoms with van der Waals surface area (Å²) < 4.78 is 17.6. The van der Waals surface area contributed by atoms with Gasteiger partial charge in [-0.3, -0.25) is 0 Å². The van der Waals surface area contributed by atoms with Crippen molar-refractivity contribution in [3.63, 3.8) is 0 Å². The van der Waals surface area contributed by atoms with Crippen molar-refractivity contribution in [1.82, 2.24) is 0 Å². The minimum atomic E-state index is -0.558. The van der Waals surface area contributed by atoms with Gasteiger partial charge in [0.25, 0.3) is 0 Å². The number of benzene rings is 1. The molecule has 1 aromatic rings. The zero-order chi connectivity index (χ0) is 8.97. The molecular weight excluding hydrogens is 181 g/mol. The highest BCUT2D eigenvalue weighted by Gasteiger charge is 2.02. The molecule has 0 N–H and O–H groups in total. The minimum Gasteiger partial charge on any atom is -0.476 e. The molecular formula is C8H5ClFNO. The van der Waals surface area contributed by atoms with Gasteiger partial charge in [0.2, 0.25) is 0 Å². The molecule has 0 aliphatic heterocycles. The van der Waals surface area contributed by atoms with Gasteiger partial charge in [0.15, 0.2) is 18.2 Å². The Morgan fingerprint density at radius 2 is 2.33 bits per heavy atom. The second kappa shape index (κ2) is 3.93. The molecule has 0 unspecified atom stereocenters. The summed E-state index contributed by atoms with van der Waals surface area (Å²) in [6.45, 7) is -0.168. The van der Waals surface area contributed by atoms with Gasteiger partial charge in [-0.05, 0) is 18.2 Å². The highest BCUT2D eigenvalue weighted by molar-refractivity contribution is 6.30. The Kier molecular flexibility index (Phi) is 2.89. The average Bonchev–Trinajstić information content (AvgIpc) is 2.03. The van der Waals surface area contributed by atoms with E-state index in [0.717, 1.165) is 6.07 Å². The van der Waals surface area contributed by atoms with Gasteiger partial charge >= 0.3 is 0 Å². The smallest absolute Gasteiger partial charge is 0.174 e. The van der Waals surface area contributed by atoms with Crippen LogP contribution in [0.3, 0.4) is 0 Å². The van der Waals surface area contributed by atoms with E-state index in [4.69, 9.17) is 21.6 Å². The predicted molar refractivity (Wildman–Crippen MR) is 42.5 cm³/mol. The number of hydrogen-bond donors (Lipinski definition) is 0. The summed E-state index contributed by atoms with van der Waals surface area (Å²) >= 11 is 5.49. The summed E-state index contributed by atoms with van der Waals surface area (Å²) in [5.74, 6) is -0.515. The fourth-order valence-electron chi connectivity index (χ4n) is 0.702. The van der Waals surface area contributed by atoms with Crippen LogP contribution in [-0.4, -0.2) is 6.61 Å². The fourth-order valence-corrected chi connectivity index (χ4v) is 0.861. The first-order valence-electron chi connectivity index (χ1n) is 3.19. The van der Waals surface area contributed by atoms with Crippen LogP contribution in [0, 0.1) is 17.1 Å². The van der Waals surface area contributed by atoms with E-state index >= 15 is 0 Å². The summed E-state index contributed by atoms with van der Waals surface area (Å²) in [6.07, 6.45) is 0. The first kappa shape index (κ1) is 8.82. The molecule has 0 atom stereocenters. The molecule has 0 saturated carbocycles. The maximum Gasteiger partial charge on any atom is 0.174 e. The maximum atomic E-state index is 12.9. The van der Waals surface area contributed by atoms with Crippen molar-refractivity contribution >= 4 is 11.6 Å². The van der Waals surface area contributed by atoms with Gasteiger partial charge in [-0.25, -0.2) is 4.39 Å². The molecule has 1 rings (SSSR count). The van der Waals surface area contributed by atoms with E-state index in [-0.39, 0.29) is 12.4 Å². The van der Waals surface area contributed by atoms with Crippen molar-refractivity contribution in [2.24, 2.45) is 0 Å². The Labute approximate surface area is 74.1 Å². The predicted octanol–water partition coefficient (Wildman–Crippen LogP) is 2.38. The van der Waals surface area contributed by atoms with Gasteiger partial charge < -0.3 is 4.74 Å². The van der Waals surface area contributed by atoms with Gasteiger partial charge in [-0.2, -0.15) is 5.26 Å². The lowest BCUT2D eigenvalue weighted by molar-refractivity contribution is 0.346. The van der Waals surface area contributed by atoms with Crippen molar-refractivity contribution in [1.29, 1.82) is 5.26 Å². The number of hydrogen-bond acceptors (Lipinski definition) is 2. The van der Waals surface area contributed by atoms with E-state index in [0.29, 0.717) is 5.02 Å². The minimum absolute atomic E-state index is 0.0425. The van der Waals surface area contributed by atoms with E-state index in [1.807, 2.05) is 0 Å². The van der Waals surface area contributed by atoms with Crippen molar-refractivity contribution in [3.05, 3.63) is 29.0 Å². The lowest BCUT2D eigenvalue weighted by Gasteiger charge is -2.01. The first-order chi connectivity index (χ1) is 5.74. The van der Waals surface area contributed by atoms with Crippen molar-refractivity contribution < 1.29 is 9.13 Å². The van der Waals surface area contributed by atoms with E-state index in [1.165, 1.54) is 12.1 Å². The number of halogens is 2. The average molecular weight is 186 g/mol. The molecule has 0 bridgehead atoms. The number of nitriles is 1. The van der Waals surface area contributed by atoms with Crippen molar-refractivity contribution in [3.8, 4) is 11.8 Å². The Morgan fingerprint density at radius 1 is 1.58 bits per heavy atom. The molecule has 0 aliphatic rings. The lowest BCUT2D eigenvalue weighted by atomic mass is 10.3. The highest BCUT2D eigenvalue weighted by atomic mass is 35.5. The topological polar surface area (TPSA) is 33.0 Å². The van der Waals surface area contributed by atoms with Crippen LogP contribution < -0.4 is 4.74 Å². The molecule has 12 heavy (non-hydrogen) atoms. The van der Waals surface area contributed by atoms with Crippen molar-refractivity contribution in [2.75, 3.05) is 6.61 Å². The Balaban J connectivity index is 2.81. The molecule has 0 radical (unpaired) electrons. The van der Waals surface area contributed by atoms with Gasteiger partial charge in [0.1, 0.15) is 6.07 Å². The van der Waals surface area contributed by atoms with Crippen LogP contribution in [0.15, 0.2) is 18.2 Å². The first-order valence-corrected chi connectivity index (χ1v) is 3.56. The quantitative estimate of drug-likeness (QED) is 0.709. The molecule has 0 spiro atoms. The van der Waals surface area contributed by atoms with E-state index in [1.54, 1.807) is 6.07 Å². The number of ether oxygens (including phenoxy) is 1. The maximum absolute atomic E-state index is 12.9. The molecule has 0 fully saturated rings. The van der Waals surface area contributed by atoms with Gasteiger partial charge in [-0.1, -0.05) is 11.6 Å². The summed E-state index contributed by atoms with van der Waals surface area (Å²) in [6, 6.07) is 5.75. The Hall–Kier alpha value is -1.27. The van der Waals surface area contributed by atoms with Crippen LogP contribution in [0.5, 0.6) is 5.75 Å². The molecule has 1 aromatic carbocycles. The molecule has 0 aliphatic carbocycles. The van der Waals surface area contributed by atoms with E-state index < -0.39 is 5.82 Å². The SMILES string of the molecule is N#CCOc1ccc(Cl)cc1F. The Bertz CT molecular complexity index is 321. The summed E-state index contributed by atoms with van der Waals surface area (Å²) in [5.41, 5.74) is 0. The largest absolute Gasteiger partial charge is 0.476 e. The molecule has 2 nitrogen and oxygen atoms in total. The number of rotatable bonds is 2. The van der Waals surface area contributed by atoms with Crippen LogP contribution >= 0.6 is 11.6 Å². The lowest BCUT2D eigenvalue weighted by Crippen LogP contribution is -1.95. The molecule has 0 amide bonds. The second-order valence-electron chi connectivity index (χ2n) is 2.02. The van der Waals surface area contributed by atoms with Crippen LogP contribution in [0.25, 0.3) is 0 Å². The Morgan fingerprint density at radius 3 is 2.92 bits per heavy atom. The molecule has 4 heteroatoms. The normalized spacial score (nSPS) is 9.08. The van der Waals surface area contributed by atoms with E-state index in [9.17, 15) is 4.39 Å². The van der Waals surface area contributed by atoms with Crippen LogP contribution in [0.4, 0.5) is 4.39 Å². The van der Waals surface area contributed by atoms with Gasteiger partial charge in [-0.15, -0.1) is 0 Å². The molecule has 0 saturated heterocycles. The molecule has 62 valence electrons. The zero-order valence-electron chi connectivity index (χ0n) is 6.05. The zero-order valence-corrected chi connectivity index (χ0v) is 6.81. The third-order valence-electron chi connectivity index (χ3n) is 1.19. The second-order valence-corrected chi connectivity index (χ2v) is 2.46. The number of nitrogens with zero attached hydrogens (tertiary/aromatic N) is 1. The van der Waals surface area contributed by atoms with Crippen LogP contribution in [-0.2, 0) is 0 Å². The van der Waals surface area contributed by atoms with Crippen LogP contribution in [0.2, 0.25) is 5.02 Å². The van der Waals surface area contributed by atoms with Crippen molar-refractivity contribution in [2.45, 2.75) is 0 Å². The summed E-state index contributed by atoms with van der Waals surface area (Å²) in [4.78, 5) is 0. The highest BCUT2D eigenvalue weighted by Crippen LogP contribution is 2.20. The standard InChI is InChI=1S/C8H5ClFNO/c9-6-1-2-8(7(10)5-6)12-4-3-11/h1-2,5H,4H2. The van der Waals surface area contributed by atoms with Gasteiger partial charge in [0, 0.05) is 5.02 Å². The monoisotopic (exact) mass is 185 g/mol. The third kappa shape index (κ3) is 2.11.